The van der Waals surface area contributed by atoms with Crippen molar-refractivity contribution in [2.45, 2.75) is 19.5 Å². The van der Waals surface area contributed by atoms with Crippen molar-refractivity contribution in [3.05, 3.63) is 70.1 Å². The van der Waals surface area contributed by atoms with Gasteiger partial charge in [0.25, 0.3) is 0 Å². The number of hydrogen-bond donors (Lipinski definition) is 1. The predicted molar refractivity (Wildman–Crippen MR) is 95.6 cm³/mol. The summed E-state index contributed by atoms with van der Waals surface area (Å²) in [4.78, 5) is 29.5. The first-order valence-corrected chi connectivity index (χ1v) is 8.39. The third-order valence-corrected chi connectivity index (χ3v) is 4.52. The topological polar surface area (TPSA) is 118 Å². The highest BCUT2D eigenvalue weighted by Crippen LogP contribution is 2.31. The molecule has 0 radical (unpaired) electrons. The normalized spacial score (nSPS) is 13.9. The quantitative estimate of drug-likeness (QED) is 0.552. The van der Waals surface area contributed by atoms with E-state index in [0.717, 1.165) is 29.8 Å². The van der Waals surface area contributed by atoms with Crippen LogP contribution in [0.1, 0.15) is 16.8 Å². The molecule has 0 atom stereocenters. The summed E-state index contributed by atoms with van der Waals surface area (Å²) in [7, 11) is 0. The zero-order valence-corrected chi connectivity index (χ0v) is 14.3. The molecule has 0 bridgehead atoms. The second kappa shape index (κ2) is 7.04. The molecule has 0 saturated heterocycles. The maximum absolute atomic E-state index is 11.0. The Kier molecular flexibility index (Phi) is 4.43. The van der Waals surface area contributed by atoms with Crippen LogP contribution >= 0.6 is 0 Å². The summed E-state index contributed by atoms with van der Waals surface area (Å²) in [5, 5.41) is 21.1. The average Bonchev–Trinajstić information content (AvgIpc) is 2.69. The number of aromatic nitrogens is 4. The Morgan fingerprint density at radius 1 is 1.22 bits per heavy atom. The van der Waals surface area contributed by atoms with E-state index >= 15 is 0 Å². The van der Waals surface area contributed by atoms with Crippen molar-refractivity contribution in [3.63, 3.8) is 0 Å². The molecule has 2 aromatic heterocycles. The lowest BCUT2D eigenvalue weighted by Crippen LogP contribution is -2.31. The van der Waals surface area contributed by atoms with Crippen molar-refractivity contribution in [3.8, 4) is 17.1 Å². The van der Waals surface area contributed by atoms with Gasteiger partial charge in [0.05, 0.1) is 16.2 Å². The van der Waals surface area contributed by atoms with Crippen molar-refractivity contribution < 1.29 is 10.0 Å². The monoisotopic (exact) mass is 364 g/mol. The van der Waals surface area contributed by atoms with Crippen molar-refractivity contribution in [1.82, 2.24) is 24.8 Å². The molecule has 0 unspecified atom stereocenters. The molecular formula is C18H16N6O3. The molecule has 3 heterocycles. The second-order valence-electron chi connectivity index (χ2n) is 6.30. The molecule has 1 N–H and O–H groups in total. The number of fused-ring (bicyclic) bond motifs is 1. The predicted octanol–water partition coefficient (Wildman–Crippen LogP) is 2.11. The zero-order valence-electron chi connectivity index (χ0n) is 14.3. The van der Waals surface area contributed by atoms with E-state index in [1.54, 1.807) is 30.7 Å². The minimum Gasteiger partial charge on any atom is -0.502 e. The highest BCUT2D eigenvalue weighted by molar-refractivity contribution is 5.52. The highest BCUT2D eigenvalue weighted by Gasteiger charge is 2.22. The zero-order chi connectivity index (χ0) is 18.8. The van der Waals surface area contributed by atoms with Gasteiger partial charge in [0.15, 0.2) is 11.6 Å². The average molecular weight is 364 g/mol. The van der Waals surface area contributed by atoms with Gasteiger partial charge in [0.1, 0.15) is 6.33 Å². The van der Waals surface area contributed by atoms with Crippen LogP contribution in [0, 0.1) is 10.1 Å². The van der Waals surface area contributed by atoms with Gasteiger partial charge >= 0.3 is 5.69 Å². The maximum atomic E-state index is 11.0. The number of nitrogens with zero attached hydrogens (tertiary/aromatic N) is 6. The number of nitro groups is 1. The lowest BCUT2D eigenvalue weighted by molar-refractivity contribution is -0.385. The number of hydrogen-bond acceptors (Lipinski definition) is 8. The van der Waals surface area contributed by atoms with Crippen LogP contribution in [0.25, 0.3) is 11.4 Å². The molecule has 3 aromatic rings. The minimum atomic E-state index is -0.576. The Bertz CT molecular complexity index is 996. The van der Waals surface area contributed by atoms with E-state index in [9.17, 15) is 15.2 Å². The largest absolute Gasteiger partial charge is 0.502 e. The Morgan fingerprint density at radius 3 is 2.81 bits per heavy atom. The number of benzene rings is 1. The molecule has 1 aromatic carbocycles. The van der Waals surface area contributed by atoms with Gasteiger partial charge in [-0.25, -0.2) is 19.9 Å². The van der Waals surface area contributed by atoms with E-state index in [-0.39, 0.29) is 11.4 Å². The van der Waals surface area contributed by atoms with Gasteiger partial charge in [-0.1, -0.05) is 12.1 Å². The molecule has 9 heteroatoms. The summed E-state index contributed by atoms with van der Waals surface area (Å²) < 4.78 is 0. The third-order valence-electron chi connectivity index (χ3n) is 4.52. The standard InChI is InChI=1S/C18H16N6O3/c25-17-12(2-1-3-16(17)24(26)27)9-23-5-4-15-14(10-23)8-21-18(22-15)13-6-19-11-20-7-13/h1-3,6-8,11,25H,4-5,9-10H2. The van der Waals surface area contributed by atoms with Crippen LogP contribution in [0.15, 0.2) is 43.1 Å². The number of rotatable bonds is 4. The number of nitro benzene ring substituents is 1. The summed E-state index contributed by atoms with van der Waals surface area (Å²) in [6.07, 6.45) is 7.34. The minimum absolute atomic E-state index is 0.274. The third kappa shape index (κ3) is 3.44. The van der Waals surface area contributed by atoms with Crippen molar-refractivity contribution >= 4 is 5.69 Å². The SMILES string of the molecule is O=[N+]([O-])c1cccc(CN2CCc3nc(-c4cncnc4)ncc3C2)c1O. The molecule has 136 valence electrons. The van der Waals surface area contributed by atoms with Crippen molar-refractivity contribution in [1.29, 1.82) is 0 Å². The molecule has 0 aliphatic carbocycles. The molecular weight excluding hydrogens is 348 g/mol. The fourth-order valence-electron chi connectivity index (χ4n) is 3.16. The fraction of sp³-hybridized carbons (Fsp3) is 0.222. The first kappa shape index (κ1) is 17.0. The van der Waals surface area contributed by atoms with Crippen LogP contribution in [0.4, 0.5) is 5.69 Å². The summed E-state index contributed by atoms with van der Waals surface area (Å²) in [5.41, 5.74) is 3.01. The van der Waals surface area contributed by atoms with Crippen LogP contribution in [0.3, 0.4) is 0 Å². The van der Waals surface area contributed by atoms with Crippen LogP contribution in [-0.2, 0) is 19.5 Å². The molecule has 0 spiro atoms. The van der Waals surface area contributed by atoms with Gasteiger partial charge in [-0.05, 0) is 0 Å². The Labute approximate surface area is 154 Å². The van der Waals surface area contributed by atoms with E-state index in [0.29, 0.717) is 24.5 Å². The lowest BCUT2D eigenvalue weighted by atomic mass is 10.1. The number of phenols is 1. The van der Waals surface area contributed by atoms with Gasteiger partial charge in [0, 0.05) is 61.8 Å². The smallest absolute Gasteiger partial charge is 0.311 e. The Morgan fingerprint density at radius 2 is 2.04 bits per heavy atom. The van der Waals surface area contributed by atoms with E-state index in [4.69, 9.17) is 0 Å². The molecule has 9 nitrogen and oxygen atoms in total. The van der Waals surface area contributed by atoms with Crippen LogP contribution in [-0.4, -0.2) is 41.4 Å². The van der Waals surface area contributed by atoms with E-state index in [1.807, 2.05) is 0 Å². The molecule has 1 aliphatic heterocycles. The number of phenolic OH excluding ortho intramolecular Hbond substituents is 1. The molecule has 27 heavy (non-hydrogen) atoms. The van der Waals surface area contributed by atoms with Gasteiger partial charge in [-0.15, -0.1) is 0 Å². The van der Waals surface area contributed by atoms with Gasteiger partial charge in [0.2, 0.25) is 0 Å². The van der Waals surface area contributed by atoms with Gasteiger partial charge in [-0.2, -0.15) is 0 Å². The summed E-state index contributed by atoms with van der Waals surface area (Å²) >= 11 is 0. The lowest BCUT2D eigenvalue weighted by Gasteiger charge is -2.28. The van der Waals surface area contributed by atoms with Crippen LogP contribution < -0.4 is 0 Å². The Hall–Kier alpha value is -3.46. The maximum Gasteiger partial charge on any atom is 0.311 e. The Balaban J connectivity index is 1.53. The van der Waals surface area contributed by atoms with Crippen molar-refractivity contribution in [2.24, 2.45) is 0 Å². The summed E-state index contributed by atoms with van der Waals surface area (Å²) in [6.45, 7) is 1.77. The van der Waals surface area contributed by atoms with E-state index < -0.39 is 4.92 Å². The molecule has 0 amide bonds. The molecule has 0 saturated carbocycles. The fourth-order valence-corrected chi connectivity index (χ4v) is 3.16. The van der Waals surface area contributed by atoms with Crippen LogP contribution in [0.5, 0.6) is 5.75 Å². The first-order valence-electron chi connectivity index (χ1n) is 8.39. The number of aromatic hydroxyl groups is 1. The van der Waals surface area contributed by atoms with Gasteiger partial charge < -0.3 is 5.11 Å². The van der Waals surface area contributed by atoms with E-state index in [1.165, 1.54) is 12.4 Å². The summed E-state index contributed by atoms with van der Waals surface area (Å²) in [6, 6.07) is 4.59. The van der Waals surface area contributed by atoms with Crippen molar-refractivity contribution in [2.75, 3.05) is 6.54 Å². The van der Waals surface area contributed by atoms with Crippen LogP contribution in [0.2, 0.25) is 0 Å². The first-order chi connectivity index (χ1) is 13.1. The summed E-state index contributed by atoms with van der Waals surface area (Å²) in [5.74, 6) is 0.322. The molecule has 1 aliphatic rings. The van der Waals surface area contributed by atoms with E-state index in [2.05, 4.69) is 24.8 Å². The highest BCUT2D eigenvalue weighted by atomic mass is 16.6. The second-order valence-corrected chi connectivity index (χ2v) is 6.30. The van der Waals surface area contributed by atoms with Gasteiger partial charge in [-0.3, -0.25) is 15.0 Å². The molecule has 0 fully saturated rings. The molecule has 4 rings (SSSR count). The number of para-hydroxylation sites is 1.